The molecule has 0 spiro atoms. The summed E-state index contributed by atoms with van der Waals surface area (Å²) in [5.41, 5.74) is -0.271. The number of halogens is 3. The van der Waals surface area contributed by atoms with Crippen LogP contribution in [-0.2, 0) is 6.18 Å². The van der Waals surface area contributed by atoms with E-state index in [0.717, 1.165) is 18.9 Å². The van der Waals surface area contributed by atoms with Crippen LogP contribution in [0.25, 0.3) is 6.08 Å². The minimum Gasteiger partial charge on any atom is -0.166 e. The highest BCUT2D eigenvalue weighted by molar-refractivity contribution is 5.54. The second-order valence-corrected chi connectivity index (χ2v) is 4.84. The van der Waals surface area contributed by atoms with Crippen molar-refractivity contribution in [1.29, 1.82) is 0 Å². The Balaban J connectivity index is 2.15. The molecule has 1 aromatic rings. The minimum absolute atomic E-state index is 0.274. The van der Waals surface area contributed by atoms with Crippen LogP contribution in [0.15, 0.2) is 30.3 Å². The highest BCUT2D eigenvalue weighted by Gasteiger charge is 2.32. The number of allylic oxidation sites excluding steroid dienone is 1. The first-order chi connectivity index (χ1) is 8.57. The summed E-state index contributed by atoms with van der Waals surface area (Å²) in [4.78, 5) is 0. The van der Waals surface area contributed by atoms with Gasteiger partial charge in [0, 0.05) is 0 Å². The fraction of sp³-hybridized carbons (Fsp3) is 0.467. The Kier molecular flexibility index (Phi) is 4.10. The first-order valence-corrected chi connectivity index (χ1v) is 6.42. The Hall–Kier alpha value is -1.25. The highest BCUT2D eigenvalue weighted by atomic mass is 19.4. The molecule has 1 aliphatic rings. The zero-order valence-electron chi connectivity index (χ0n) is 10.2. The molecule has 2 rings (SSSR count). The van der Waals surface area contributed by atoms with E-state index in [1.165, 1.54) is 31.4 Å². The average molecular weight is 254 g/mol. The predicted octanol–water partition coefficient (Wildman–Crippen LogP) is 5.30. The van der Waals surface area contributed by atoms with Crippen LogP contribution in [0.1, 0.15) is 43.2 Å². The Bertz CT molecular complexity index is 412. The zero-order chi connectivity index (χ0) is 13.0. The molecule has 0 radical (unpaired) electrons. The standard InChI is InChI=1S/C15H17F3/c16-15(17,18)14-9-5-4-8-13(14)11-10-12-6-2-1-3-7-12/h4-5,8-12H,1-3,6-7H2/b11-10+. The van der Waals surface area contributed by atoms with Crippen LogP contribution >= 0.6 is 0 Å². The zero-order valence-corrected chi connectivity index (χ0v) is 10.2. The van der Waals surface area contributed by atoms with Crippen molar-refractivity contribution in [3.8, 4) is 0 Å². The molecule has 1 fully saturated rings. The van der Waals surface area contributed by atoms with E-state index < -0.39 is 11.7 Å². The molecule has 98 valence electrons. The molecule has 0 N–H and O–H groups in total. The molecule has 0 atom stereocenters. The van der Waals surface area contributed by atoms with Gasteiger partial charge < -0.3 is 0 Å². The van der Waals surface area contributed by atoms with Gasteiger partial charge in [-0.3, -0.25) is 0 Å². The molecule has 0 amide bonds. The smallest absolute Gasteiger partial charge is 0.166 e. The number of alkyl halides is 3. The average Bonchev–Trinajstić information content (AvgIpc) is 2.37. The van der Waals surface area contributed by atoms with E-state index in [1.54, 1.807) is 12.1 Å². The molecule has 0 aromatic heterocycles. The molecule has 1 aromatic carbocycles. The van der Waals surface area contributed by atoms with Crippen LogP contribution in [0.5, 0.6) is 0 Å². The summed E-state index contributed by atoms with van der Waals surface area (Å²) in [6, 6.07) is 5.75. The molecular formula is C15H17F3. The lowest BCUT2D eigenvalue weighted by atomic mass is 9.88. The Morgan fingerprint density at radius 3 is 2.33 bits per heavy atom. The maximum atomic E-state index is 12.8. The first kappa shape index (κ1) is 13.2. The molecule has 0 unspecified atom stereocenters. The summed E-state index contributed by atoms with van der Waals surface area (Å²) in [6.07, 6.45) is 5.15. The first-order valence-electron chi connectivity index (χ1n) is 6.42. The fourth-order valence-electron chi connectivity index (χ4n) is 2.47. The molecule has 18 heavy (non-hydrogen) atoms. The Morgan fingerprint density at radius 2 is 1.67 bits per heavy atom. The third-order valence-corrected chi connectivity index (χ3v) is 3.46. The minimum atomic E-state index is -4.27. The molecule has 0 nitrogen and oxygen atoms in total. The van der Waals surface area contributed by atoms with E-state index in [1.807, 2.05) is 6.08 Å². The van der Waals surface area contributed by atoms with Crippen molar-refractivity contribution in [2.45, 2.75) is 38.3 Å². The molecule has 0 heterocycles. The third-order valence-electron chi connectivity index (χ3n) is 3.46. The lowest BCUT2D eigenvalue weighted by Gasteiger charge is -2.18. The van der Waals surface area contributed by atoms with Crippen molar-refractivity contribution < 1.29 is 13.2 Å². The van der Waals surface area contributed by atoms with Crippen molar-refractivity contribution in [2.75, 3.05) is 0 Å². The lowest BCUT2D eigenvalue weighted by Crippen LogP contribution is -2.07. The monoisotopic (exact) mass is 254 g/mol. The molecular weight excluding hydrogens is 237 g/mol. The number of hydrogen-bond acceptors (Lipinski definition) is 0. The van der Waals surface area contributed by atoms with Gasteiger partial charge in [-0.05, 0) is 30.4 Å². The molecule has 1 aliphatic carbocycles. The second-order valence-electron chi connectivity index (χ2n) is 4.84. The van der Waals surface area contributed by atoms with E-state index in [4.69, 9.17) is 0 Å². The summed E-state index contributed by atoms with van der Waals surface area (Å²) in [6.45, 7) is 0. The van der Waals surface area contributed by atoms with Gasteiger partial charge in [-0.2, -0.15) is 13.2 Å². The third kappa shape index (κ3) is 3.37. The topological polar surface area (TPSA) is 0 Å². The van der Waals surface area contributed by atoms with E-state index in [0.29, 0.717) is 5.92 Å². The molecule has 0 saturated heterocycles. The SMILES string of the molecule is FC(F)(F)c1ccccc1/C=C/C1CCCCC1. The van der Waals surface area contributed by atoms with Gasteiger partial charge in [-0.1, -0.05) is 49.6 Å². The van der Waals surface area contributed by atoms with Gasteiger partial charge in [-0.15, -0.1) is 0 Å². The van der Waals surface area contributed by atoms with E-state index >= 15 is 0 Å². The van der Waals surface area contributed by atoms with Crippen molar-refractivity contribution >= 4 is 6.08 Å². The molecule has 3 heteroatoms. The normalized spacial score (nSPS) is 18.4. The van der Waals surface area contributed by atoms with E-state index in [2.05, 4.69) is 0 Å². The summed E-state index contributed by atoms with van der Waals surface area (Å²) in [7, 11) is 0. The van der Waals surface area contributed by atoms with Gasteiger partial charge >= 0.3 is 6.18 Å². The number of hydrogen-bond donors (Lipinski definition) is 0. The largest absolute Gasteiger partial charge is 0.416 e. The van der Waals surface area contributed by atoms with Gasteiger partial charge in [0.25, 0.3) is 0 Å². The van der Waals surface area contributed by atoms with Crippen molar-refractivity contribution in [3.05, 3.63) is 41.5 Å². The maximum Gasteiger partial charge on any atom is 0.416 e. The Morgan fingerprint density at radius 1 is 1.00 bits per heavy atom. The van der Waals surface area contributed by atoms with Crippen LogP contribution in [0, 0.1) is 5.92 Å². The van der Waals surface area contributed by atoms with E-state index in [9.17, 15) is 13.2 Å². The molecule has 1 saturated carbocycles. The van der Waals surface area contributed by atoms with Gasteiger partial charge in [0.15, 0.2) is 0 Å². The molecule has 0 aliphatic heterocycles. The lowest BCUT2D eigenvalue weighted by molar-refractivity contribution is -0.137. The van der Waals surface area contributed by atoms with Crippen LogP contribution in [0.3, 0.4) is 0 Å². The van der Waals surface area contributed by atoms with Crippen molar-refractivity contribution in [1.82, 2.24) is 0 Å². The summed E-state index contributed by atoms with van der Waals surface area (Å²) >= 11 is 0. The number of benzene rings is 1. The summed E-state index contributed by atoms with van der Waals surface area (Å²) in [5, 5.41) is 0. The van der Waals surface area contributed by atoms with Gasteiger partial charge in [0.2, 0.25) is 0 Å². The van der Waals surface area contributed by atoms with E-state index in [-0.39, 0.29) is 5.56 Å². The maximum absolute atomic E-state index is 12.8. The highest BCUT2D eigenvalue weighted by Crippen LogP contribution is 2.33. The van der Waals surface area contributed by atoms with Crippen LogP contribution in [0.4, 0.5) is 13.2 Å². The van der Waals surface area contributed by atoms with Crippen molar-refractivity contribution in [2.24, 2.45) is 5.92 Å². The number of rotatable bonds is 2. The summed E-state index contributed by atoms with van der Waals surface area (Å²) < 4.78 is 38.3. The second kappa shape index (κ2) is 5.59. The van der Waals surface area contributed by atoms with Crippen LogP contribution < -0.4 is 0 Å². The van der Waals surface area contributed by atoms with Gasteiger partial charge in [0.1, 0.15) is 0 Å². The fourth-order valence-corrected chi connectivity index (χ4v) is 2.47. The summed E-state index contributed by atoms with van der Waals surface area (Å²) in [5.74, 6) is 0.444. The quantitative estimate of drug-likeness (QED) is 0.672. The van der Waals surface area contributed by atoms with Crippen LogP contribution in [-0.4, -0.2) is 0 Å². The Labute approximate surface area is 106 Å². The van der Waals surface area contributed by atoms with Crippen molar-refractivity contribution in [3.63, 3.8) is 0 Å². The predicted molar refractivity (Wildman–Crippen MR) is 67.1 cm³/mol. The van der Waals surface area contributed by atoms with Crippen LogP contribution in [0.2, 0.25) is 0 Å². The van der Waals surface area contributed by atoms with Gasteiger partial charge in [-0.25, -0.2) is 0 Å². The van der Waals surface area contributed by atoms with Gasteiger partial charge in [0.05, 0.1) is 5.56 Å². The molecule has 0 bridgehead atoms.